The fourth-order valence-electron chi connectivity index (χ4n) is 3.25. The molecule has 2 aromatic carbocycles. The van der Waals surface area contributed by atoms with Crippen LogP contribution in [0.25, 0.3) is 6.08 Å². The predicted octanol–water partition coefficient (Wildman–Crippen LogP) is 4.93. The van der Waals surface area contributed by atoms with Crippen molar-refractivity contribution in [2.75, 3.05) is 13.2 Å². The van der Waals surface area contributed by atoms with Gasteiger partial charge in [-0.15, -0.1) is 0 Å². The minimum absolute atomic E-state index is 0.139. The number of aryl methyl sites for hydroxylation is 2. The summed E-state index contributed by atoms with van der Waals surface area (Å²) < 4.78 is 11.6. The first kappa shape index (κ1) is 20.9. The van der Waals surface area contributed by atoms with Crippen molar-refractivity contribution in [3.8, 4) is 11.5 Å². The van der Waals surface area contributed by atoms with Gasteiger partial charge >= 0.3 is 0 Å². The average molecular weight is 434 g/mol. The Kier molecular flexibility index (Phi) is 6.23. The zero-order valence-corrected chi connectivity index (χ0v) is 18.2. The zero-order valence-electron chi connectivity index (χ0n) is 17.4. The van der Waals surface area contributed by atoms with Gasteiger partial charge in [-0.1, -0.05) is 41.6 Å². The second-order valence-corrected chi connectivity index (χ2v) is 8.14. The van der Waals surface area contributed by atoms with E-state index in [4.69, 9.17) is 14.9 Å². The summed E-state index contributed by atoms with van der Waals surface area (Å²) in [6.07, 6.45) is 4.20. The third kappa shape index (κ3) is 4.88. The van der Waals surface area contributed by atoms with Crippen LogP contribution in [0, 0.1) is 19.3 Å². The van der Waals surface area contributed by atoms with E-state index in [9.17, 15) is 4.79 Å². The molecule has 7 heteroatoms. The van der Waals surface area contributed by atoms with Gasteiger partial charge in [0, 0.05) is 12.6 Å². The first-order valence-corrected chi connectivity index (χ1v) is 10.9. The van der Waals surface area contributed by atoms with E-state index < -0.39 is 5.91 Å². The van der Waals surface area contributed by atoms with Gasteiger partial charge in [-0.2, -0.15) is 4.99 Å². The molecule has 1 amide bonds. The number of ether oxygens (including phenoxy) is 2. The quantitative estimate of drug-likeness (QED) is 0.495. The van der Waals surface area contributed by atoms with Gasteiger partial charge in [0.1, 0.15) is 17.3 Å². The summed E-state index contributed by atoms with van der Waals surface area (Å²) in [5, 5.41) is 10.6. The number of hydrogen-bond donors (Lipinski definition) is 1. The lowest BCUT2D eigenvalue weighted by Gasteiger charge is -2.22. The number of hydrogen-bond acceptors (Lipinski definition) is 5. The Morgan fingerprint density at radius 3 is 2.65 bits per heavy atom. The van der Waals surface area contributed by atoms with Gasteiger partial charge in [0.05, 0.1) is 18.8 Å². The number of thioether (sulfide) groups is 1. The van der Waals surface area contributed by atoms with Crippen molar-refractivity contribution in [3.63, 3.8) is 0 Å². The van der Waals surface area contributed by atoms with Crippen molar-refractivity contribution < 1.29 is 14.3 Å². The lowest BCUT2D eigenvalue weighted by Crippen LogP contribution is -2.35. The Labute approximate surface area is 185 Å². The van der Waals surface area contributed by atoms with Crippen molar-refractivity contribution in [1.82, 2.24) is 4.90 Å². The number of nitrogens with one attached hydrogen (secondary N) is 1. The molecule has 0 bridgehead atoms. The van der Waals surface area contributed by atoms with Crippen LogP contribution in [0.3, 0.4) is 0 Å². The fraction of sp³-hybridized carbons (Fsp3) is 0.208. The Morgan fingerprint density at radius 1 is 1.10 bits per heavy atom. The number of amidine groups is 2. The summed E-state index contributed by atoms with van der Waals surface area (Å²) >= 11 is 1.34. The molecule has 6 nitrogen and oxygen atoms in total. The summed E-state index contributed by atoms with van der Waals surface area (Å²) in [5.74, 6) is 1.40. The number of carbonyl (C=O) groups is 1. The smallest absolute Gasteiger partial charge is 0.283 e. The molecule has 2 aliphatic rings. The molecule has 2 aliphatic heterocycles. The average Bonchev–Trinajstić information content (AvgIpc) is 3.22. The maximum atomic E-state index is 12.3. The molecule has 0 aromatic heterocycles. The Bertz CT molecular complexity index is 1100. The molecule has 158 valence electrons. The van der Waals surface area contributed by atoms with E-state index >= 15 is 0 Å². The van der Waals surface area contributed by atoms with Gasteiger partial charge in [-0.3, -0.25) is 15.1 Å². The minimum Gasteiger partial charge on any atom is -0.493 e. The van der Waals surface area contributed by atoms with E-state index in [1.165, 1.54) is 17.3 Å². The molecule has 0 aliphatic carbocycles. The lowest BCUT2D eigenvalue weighted by molar-refractivity contribution is -0.114. The topological polar surface area (TPSA) is 75.0 Å². The molecule has 0 saturated carbocycles. The van der Waals surface area contributed by atoms with Crippen LogP contribution in [0.4, 0.5) is 0 Å². The number of fused-ring (bicyclic) bond motifs is 1. The van der Waals surface area contributed by atoms with Crippen molar-refractivity contribution in [2.24, 2.45) is 4.99 Å². The van der Waals surface area contributed by atoms with E-state index in [2.05, 4.69) is 18.0 Å². The highest BCUT2D eigenvalue weighted by Gasteiger charge is 2.30. The maximum absolute atomic E-state index is 12.3. The van der Waals surface area contributed by atoms with Crippen LogP contribution in [-0.4, -0.2) is 35.0 Å². The van der Waals surface area contributed by atoms with Gasteiger partial charge in [0.2, 0.25) is 0 Å². The zero-order chi connectivity index (χ0) is 21.8. The standard InChI is InChI=1S/C24H23N3O3S/c1-16-4-9-21(17(2)14-16)30-12-3-11-29-19-7-5-18(6-8-19)15-20-22(25)27-10-13-31-24(27)26-23(20)28/h4-10,13-15,25H,3,11-12H2,1-2H3. The van der Waals surface area contributed by atoms with Crippen LogP contribution in [0.1, 0.15) is 23.1 Å². The number of nitrogens with zero attached hydrogens (tertiary/aromatic N) is 2. The van der Waals surface area contributed by atoms with E-state index in [0.29, 0.717) is 18.4 Å². The number of benzene rings is 2. The summed E-state index contributed by atoms with van der Waals surface area (Å²) in [5.41, 5.74) is 3.44. The number of amides is 1. The van der Waals surface area contributed by atoms with E-state index in [1.54, 1.807) is 17.2 Å². The molecular formula is C24H23N3O3S. The summed E-state index contributed by atoms with van der Waals surface area (Å²) in [6.45, 7) is 5.25. The van der Waals surface area contributed by atoms with Gasteiger partial charge in [-0.25, -0.2) is 0 Å². The summed E-state index contributed by atoms with van der Waals surface area (Å²) in [7, 11) is 0. The molecule has 31 heavy (non-hydrogen) atoms. The molecule has 4 rings (SSSR count). The highest BCUT2D eigenvalue weighted by atomic mass is 32.2. The minimum atomic E-state index is -0.392. The maximum Gasteiger partial charge on any atom is 0.283 e. The molecule has 0 unspecified atom stereocenters. The second kappa shape index (κ2) is 9.22. The third-order valence-electron chi connectivity index (χ3n) is 4.85. The second-order valence-electron chi connectivity index (χ2n) is 7.27. The summed E-state index contributed by atoms with van der Waals surface area (Å²) in [6, 6.07) is 13.6. The van der Waals surface area contributed by atoms with E-state index in [0.717, 1.165) is 29.0 Å². The molecule has 0 saturated heterocycles. The highest BCUT2D eigenvalue weighted by molar-refractivity contribution is 8.16. The Morgan fingerprint density at radius 2 is 1.87 bits per heavy atom. The molecule has 0 spiro atoms. The lowest BCUT2D eigenvalue weighted by atomic mass is 10.1. The monoisotopic (exact) mass is 433 g/mol. The summed E-state index contributed by atoms with van der Waals surface area (Å²) in [4.78, 5) is 17.9. The fourth-order valence-corrected chi connectivity index (χ4v) is 3.96. The molecular weight excluding hydrogens is 410 g/mol. The van der Waals surface area contributed by atoms with Crippen molar-refractivity contribution in [2.45, 2.75) is 20.3 Å². The Hall–Kier alpha value is -3.32. The highest BCUT2D eigenvalue weighted by Crippen LogP contribution is 2.27. The van der Waals surface area contributed by atoms with Crippen molar-refractivity contribution in [1.29, 1.82) is 5.41 Å². The van der Waals surface area contributed by atoms with E-state index in [1.807, 2.05) is 48.7 Å². The van der Waals surface area contributed by atoms with Crippen LogP contribution < -0.4 is 9.47 Å². The van der Waals surface area contributed by atoms with Crippen LogP contribution in [0.15, 0.2) is 64.6 Å². The van der Waals surface area contributed by atoms with Gasteiger partial charge < -0.3 is 9.47 Å². The van der Waals surface area contributed by atoms with Crippen LogP contribution in [0.2, 0.25) is 0 Å². The molecule has 0 fully saturated rings. The first-order valence-electron chi connectivity index (χ1n) is 10.0. The molecule has 2 aromatic rings. The first-order chi connectivity index (χ1) is 15.0. The Balaban J connectivity index is 1.28. The molecule has 0 atom stereocenters. The van der Waals surface area contributed by atoms with Crippen molar-refractivity contribution >= 4 is 34.7 Å². The van der Waals surface area contributed by atoms with Gasteiger partial charge in [0.25, 0.3) is 5.91 Å². The van der Waals surface area contributed by atoms with Crippen molar-refractivity contribution in [3.05, 3.63) is 76.3 Å². The van der Waals surface area contributed by atoms with Crippen LogP contribution in [-0.2, 0) is 4.79 Å². The third-order valence-corrected chi connectivity index (χ3v) is 5.61. The molecule has 2 heterocycles. The normalized spacial score (nSPS) is 16.5. The number of carbonyl (C=O) groups excluding carboxylic acids is 1. The van der Waals surface area contributed by atoms with Gasteiger partial charge in [-0.05, 0) is 54.7 Å². The SMILES string of the molecule is Cc1ccc(OCCCOc2ccc(C=C3C(=N)N4C=CSC4=NC3=O)cc2)c(C)c1. The van der Waals surface area contributed by atoms with Crippen LogP contribution >= 0.6 is 11.8 Å². The van der Waals surface area contributed by atoms with E-state index in [-0.39, 0.29) is 11.4 Å². The van der Waals surface area contributed by atoms with Gasteiger partial charge in [0.15, 0.2) is 5.17 Å². The number of rotatable bonds is 7. The molecule has 1 N–H and O–H groups in total. The molecule has 0 radical (unpaired) electrons. The number of aliphatic imine (C=N–C) groups is 1. The predicted molar refractivity (Wildman–Crippen MR) is 125 cm³/mol. The largest absolute Gasteiger partial charge is 0.493 e. The van der Waals surface area contributed by atoms with Crippen LogP contribution in [0.5, 0.6) is 11.5 Å².